The Balaban J connectivity index is 2.29. The molecular weight excluding hydrogens is 292 g/mol. The molecule has 23 heavy (non-hydrogen) atoms. The van der Waals surface area contributed by atoms with Crippen LogP contribution in [0.15, 0.2) is 40.7 Å². The number of hydrogen-bond acceptors (Lipinski definition) is 6. The van der Waals surface area contributed by atoms with Gasteiger partial charge in [-0.05, 0) is 39.1 Å². The topological polar surface area (TPSA) is 86.2 Å². The summed E-state index contributed by atoms with van der Waals surface area (Å²) >= 11 is 0. The number of ether oxygens (including phenoxy) is 1. The molecule has 0 bridgehead atoms. The van der Waals surface area contributed by atoms with E-state index in [0.717, 1.165) is 33.8 Å². The molecule has 0 aliphatic heterocycles. The summed E-state index contributed by atoms with van der Waals surface area (Å²) < 4.78 is 10.6. The molecule has 0 saturated heterocycles. The van der Waals surface area contributed by atoms with Crippen LogP contribution in [0.1, 0.15) is 18.4 Å². The monoisotopic (exact) mass is 314 g/mol. The van der Waals surface area contributed by atoms with Gasteiger partial charge < -0.3 is 20.3 Å². The summed E-state index contributed by atoms with van der Waals surface area (Å²) in [6.07, 6.45) is 7.01. The molecule has 2 aromatic rings. The van der Waals surface area contributed by atoms with Crippen molar-refractivity contribution in [3.8, 4) is 17.0 Å². The minimum atomic E-state index is 0.544. The molecule has 6 nitrogen and oxygen atoms in total. The van der Waals surface area contributed by atoms with Gasteiger partial charge in [-0.2, -0.15) is 0 Å². The Morgan fingerprint density at radius 1 is 1.43 bits per heavy atom. The van der Waals surface area contributed by atoms with Crippen LogP contribution in [0, 0.1) is 13.8 Å². The highest BCUT2D eigenvalue weighted by Gasteiger charge is 2.14. The number of nitrogens with one attached hydrogen (secondary N) is 1. The third kappa shape index (κ3) is 3.91. The van der Waals surface area contributed by atoms with Crippen molar-refractivity contribution in [3.05, 3.63) is 47.6 Å². The number of methoxy groups -OCH3 is 1. The van der Waals surface area contributed by atoms with Crippen molar-refractivity contribution in [2.45, 2.75) is 20.8 Å². The highest BCUT2D eigenvalue weighted by atomic mass is 16.5. The maximum atomic E-state index is 5.34. The summed E-state index contributed by atoms with van der Waals surface area (Å²) in [5.74, 6) is 1.31. The second-order valence-electron chi connectivity index (χ2n) is 5.23. The number of aryl methyl sites for hydroxylation is 2. The normalized spacial score (nSPS) is 11.9. The van der Waals surface area contributed by atoms with Gasteiger partial charge in [-0.1, -0.05) is 16.8 Å². The van der Waals surface area contributed by atoms with Crippen molar-refractivity contribution < 1.29 is 9.26 Å². The Bertz CT molecular complexity index is 713. The lowest BCUT2D eigenvalue weighted by Gasteiger charge is -2.12. The minimum absolute atomic E-state index is 0.544. The van der Waals surface area contributed by atoms with Crippen molar-refractivity contribution in [2.24, 2.45) is 5.73 Å². The molecular formula is C17H22N4O2. The molecule has 0 amide bonds. The van der Waals surface area contributed by atoms with E-state index >= 15 is 0 Å². The quantitative estimate of drug-likeness (QED) is 0.796. The number of allylic oxidation sites excluding steroid dienone is 2. The molecule has 0 saturated carbocycles. The van der Waals surface area contributed by atoms with Gasteiger partial charge in [-0.15, -0.1) is 0 Å². The van der Waals surface area contributed by atoms with E-state index in [4.69, 9.17) is 15.0 Å². The molecule has 0 spiro atoms. The van der Waals surface area contributed by atoms with E-state index in [2.05, 4.69) is 15.5 Å². The molecule has 122 valence electrons. The fourth-order valence-corrected chi connectivity index (χ4v) is 2.29. The molecule has 0 aliphatic rings. The van der Waals surface area contributed by atoms with E-state index in [-0.39, 0.29) is 0 Å². The fraction of sp³-hybridized carbons (Fsp3) is 0.294. The van der Waals surface area contributed by atoms with E-state index in [1.807, 2.05) is 32.9 Å². The molecule has 3 N–H and O–H groups in total. The van der Waals surface area contributed by atoms with Crippen molar-refractivity contribution in [1.82, 2.24) is 10.1 Å². The SMILES string of the molecule is COc1ncc(-c2c(C)noc2C)cc1NC/C(C)=C/C=C\N. The van der Waals surface area contributed by atoms with E-state index in [9.17, 15) is 0 Å². The summed E-state index contributed by atoms with van der Waals surface area (Å²) in [6.45, 7) is 6.48. The number of anilines is 1. The largest absolute Gasteiger partial charge is 0.480 e. The van der Waals surface area contributed by atoms with Crippen molar-refractivity contribution in [2.75, 3.05) is 19.0 Å². The Labute approximate surface area is 136 Å². The molecule has 2 rings (SSSR count). The summed E-state index contributed by atoms with van der Waals surface area (Å²) in [5, 5.41) is 7.32. The predicted molar refractivity (Wildman–Crippen MR) is 91.3 cm³/mol. The van der Waals surface area contributed by atoms with Crippen molar-refractivity contribution in [3.63, 3.8) is 0 Å². The Hall–Kier alpha value is -2.76. The molecule has 2 aromatic heterocycles. The lowest BCUT2D eigenvalue weighted by molar-refractivity contribution is 0.393. The molecule has 6 heteroatoms. The summed E-state index contributed by atoms with van der Waals surface area (Å²) in [7, 11) is 1.60. The van der Waals surface area contributed by atoms with Gasteiger partial charge in [0.15, 0.2) is 0 Å². The number of rotatable bonds is 6. The highest BCUT2D eigenvalue weighted by molar-refractivity contribution is 5.72. The predicted octanol–water partition coefficient (Wildman–Crippen LogP) is 3.19. The van der Waals surface area contributed by atoms with Gasteiger partial charge in [0.2, 0.25) is 5.88 Å². The fourth-order valence-electron chi connectivity index (χ4n) is 2.29. The third-order valence-corrected chi connectivity index (χ3v) is 3.42. The van der Waals surface area contributed by atoms with Crippen LogP contribution in [0.25, 0.3) is 11.1 Å². The first-order valence-electron chi connectivity index (χ1n) is 7.32. The van der Waals surface area contributed by atoms with Crippen LogP contribution in [-0.4, -0.2) is 23.8 Å². The smallest absolute Gasteiger partial charge is 0.237 e. The van der Waals surface area contributed by atoms with Gasteiger partial charge in [0.05, 0.1) is 18.5 Å². The first-order chi connectivity index (χ1) is 11.1. The highest BCUT2D eigenvalue weighted by Crippen LogP contribution is 2.31. The van der Waals surface area contributed by atoms with Crippen LogP contribution in [0.5, 0.6) is 5.88 Å². The van der Waals surface area contributed by atoms with Crippen molar-refractivity contribution >= 4 is 5.69 Å². The molecule has 0 atom stereocenters. The number of aromatic nitrogens is 2. The maximum Gasteiger partial charge on any atom is 0.237 e. The van der Waals surface area contributed by atoms with Crippen LogP contribution in [0.4, 0.5) is 5.69 Å². The zero-order valence-corrected chi connectivity index (χ0v) is 13.9. The number of hydrogen-bond donors (Lipinski definition) is 2. The molecule has 0 aromatic carbocycles. The van der Waals surface area contributed by atoms with Gasteiger partial charge in [-0.25, -0.2) is 4.98 Å². The summed E-state index contributed by atoms with van der Waals surface area (Å²) in [4.78, 5) is 4.37. The van der Waals surface area contributed by atoms with Gasteiger partial charge in [0, 0.05) is 23.9 Å². The van der Waals surface area contributed by atoms with Crippen LogP contribution >= 0.6 is 0 Å². The van der Waals surface area contributed by atoms with E-state index < -0.39 is 0 Å². The van der Waals surface area contributed by atoms with Crippen molar-refractivity contribution in [1.29, 1.82) is 0 Å². The summed E-state index contributed by atoms with van der Waals surface area (Å²) in [6, 6.07) is 1.99. The number of pyridine rings is 1. The Morgan fingerprint density at radius 3 is 2.83 bits per heavy atom. The van der Waals surface area contributed by atoms with E-state index in [0.29, 0.717) is 12.4 Å². The first kappa shape index (κ1) is 16.6. The van der Waals surface area contributed by atoms with E-state index in [1.54, 1.807) is 19.4 Å². The average Bonchev–Trinajstić information content (AvgIpc) is 2.89. The second-order valence-corrected chi connectivity index (χ2v) is 5.23. The van der Waals surface area contributed by atoms with Gasteiger partial charge in [-0.3, -0.25) is 0 Å². The van der Waals surface area contributed by atoms with Crippen LogP contribution in [0.2, 0.25) is 0 Å². The van der Waals surface area contributed by atoms with Gasteiger partial charge in [0.1, 0.15) is 5.76 Å². The minimum Gasteiger partial charge on any atom is -0.480 e. The molecule has 2 heterocycles. The maximum absolute atomic E-state index is 5.34. The lowest BCUT2D eigenvalue weighted by Crippen LogP contribution is -2.05. The van der Waals surface area contributed by atoms with Gasteiger partial charge >= 0.3 is 0 Å². The molecule has 0 unspecified atom stereocenters. The van der Waals surface area contributed by atoms with E-state index in [1.165, 1.54) is 6.20 Å². The van der Waals surface area contributed by atoms with Crippen LogP contribution in [-0.2, 0) is 0 Å². The first-order valence-corrected chi connectivity index (χ1v) is 7.32. The number of nitrogens with zero attached hydrogens (tertiary/aromatic N) is 2. The third-order valence-electron chi connectivity index (χ3n) is 3.42. The van der Waals surface area contributed by atoms with Gasteiger partial charge in [0.25, 0.3) is 0 Å². The summed E-state index contributed by atoms with van der Waals surface area (Å²) in [5.41, 5.74) is 10.0. The lowest BCUT2D eigenvalue weighted by atomic mass is 10.1. The zero-order valence-electron chi connectivity index (χ0n) is 13.9. The standard InChI is InChI=1S/C17H22N4O2/c1-11(6-5-7-18)9-19-15-8-14(10-20-17(15)22-4)16-12(2)21-23-13(16)3/h5-8,10,19H,9,18H2,1-4H3/b7-5-,11-6+. The number of nitrogens with two attached hydrogens (primary N) is 1. The Kier molecular flexibility index (Phi) is 5.41. The molecule has 0 fully saturated rings. The Morgan fingerprint density at radius 2 is 2.22 bits per heavy atom. The second kappa shape index (κ2) is 7.49. The van der Waals surface area contributed by atoms with Crippen LogP contribution in [0.3, 0.4) is 0 Å². The average molecular weight is 314 g/mol. The molecule has 0 aliphatic carbocycles. The van der Waals surface area contributed by atoms with Crippen LogP contribution < -0.4 is 15.8 Å². The zero-order chi connectivity index (χ0) is 16.8. The molecule has 0 radical (unpaired) electrons.